The maximum absolute atomic E-state index is 11.9. The molecule has 0 saturated carbocycles. The first-order valence-corrected chi connectivity index (χ1v) is 6.43. The number of carbonyl (C=O) groups excluding carboxylic acids is 2. The van der Waals surface area contributed by atoms with Gasteiger partial charge >= 0.3 is 0 Å². The van der Waals surface area contributed by atoms with Crippen molar-refractivity contribution in [2.24, 2.45) is 0 Å². The third-order valence-corrected chi connectivity index (χ3v) is 2.77. The van der Waals surface area contributed by atoms with E-state index in [4.69, 9.17) is 10.2 Å². The van der Waals surface area contributed by atoms with Crippen LogP contribution in [0.2, 0.25) is 0 Å². The Morgan fingerprint density at radius 2 is 1.85 bits per heavy atom. The predicted octanol–water partition coefficient (Wildman–Crippen LogP) is -0.462. The molecule has 0 aromatic heterocycles. The van der Waals surface area contributed by atoms with Crippen LogP contribution in [0.3, 0.4) is 0 Å². The number of aliphatic hydroxyl groups is 2. The van der Waals surface area contributed by atoms with Gasteiger partial charge in [-0.05, 0) is 19.1 Å². The minimum Gasteiger partial charge on any atom is -0.395 e. The third kappa shape index (κ3) is 4.99. The Hall–Kier alpha value is -1.92. The van der Waals surface area contributed by atoms with E-state index in [-0.39, 0.29) is 44.7 Å². The molecule has 6 nitrogen and oxygen atoms in total. The first-order valence-electron chi connectivity index (χ1n) is 6.43. The number of rotatable bonds is 7. The van der Waals surface area contributed by atoms with Crippen molar-refractivity contribution in [3.8, 4) is 0 Å². The monoisotopic (exact) mass is 280 g/mol. The van der Waals surface area contributed by atoms with Crippen LogP contribution in [0.5, 0.6) is 0 Å². The predicted molar refractivity (Wildman–Crippen MR) is 74.3 cm³/mol. The molecule has 0 spiro atoms. The van der Waals surface area contributed by atoms with Crippen molar-refractivity contribution in [2.45, 2.75) is 6.92 Å². The number of benzene rings is 1. The van der Waals surface area contributed by atoms with Crippen LogP contribution in [0.1, 0.15) is 15.9 Å². The van der Waals surface area contributed by atoms with E-state index in [0.717, 1.165) is 5.56 Å². The maximum Gasteiger partial charge on any atom is 0.251 e. The van der Waals surface area contributed by atoms with Gasteiger partial charge in [0, 0.05) is 18.7 Å². The highest BCUT2D eigenvalue weighted by Gasteiger charge is 2.14. The van der Waals surface area contributed by atoms with Crippen LogP contribution in [0.15, 0.2) is 24.3 Å². The summed E-state index contributed by atoms with van der Waals surface area (Å²) in [4.78, 5) is 25.0. The molecule has 0 saturated heterocycles. The lowest BCUT2D eigenvalue weighted by Gasteiger charge is -2.20. The first kappa shape index (κ1) is 16.1. The average molecular weight is 280 g/mol. The van der Waals surface area contributed by atoms with Gasteiger partial charge in [-0.15, -0.1) is 0 Å². The summed E-state index contributed by atoms with van der Waals surface area (Å²) >= 11 is 0. The third-order valence-electron chi connectivity index (χ3n) is 2.77. The summed E-state index contributed by atoms with van der Waals surface area (Å²) in [6.07, 6.45) is 0. The Morgan fingerprint density at radius 3 is 2.40 bits per heavy atom. The highest BCUT2D eigenvalue weighted by molar-refractivity contribution is 5.96. The molecule has 1 rings (SSSR count). The Balaban J connectivity index is 2.53. The number of amides is 2. The van der Waals surface area contributed by atoms with Gasteiger partial charge in [0.25, 0.3) is 5.91 Å². The topological polar surface area (TPSA) is 89.9 Å². The number of nitrogens with zero attached hydrogens (tertiary/aromatic N) is 1. The second-order valence-corrected chi connectivity index (χ2v) is 4.38. The Morgan fingerprint density at radius 1 is 1.20 bits per heavy atom. The number of nitrogens with one attached hydrogen (secondary N) is 1. The van der Waals surface area contributed by atoms with Gasteiger partial charge in [0.15, 0.2) is 0 Å². The molecule has 3 N–H and O–H groups in total. The van der Waals surface area contributed by atoms with Gasteiger partial charge in [0.2, 0.25) is 5.91 Å². The summed E-state index contributed by atoms with van der Waals surface area (Å²) in [7, 11) is 0. The molecule has 1 aromatic carbocycles. The molecule has 0 radical (unpaired) electrons. The smallest absolute Gasteiger partial charge is 0.251 e. The lowest BCUT2D eigenvalue weighted by Crippen LogP contribution is -2.42. The van der Waals surface area contributed by atoms with Crippen molar-refractivity contribution in [1.82, 2.24) is 10.2 Å². The molecule has 0 aliphatic carbocycles. The van der Waals surface area contributed by atoms with E-state index in [1.807, 2.05) is 13.0 Å². The van der Waals surface area contributed by atoms with E-state index in [1.165, 1.54) is 4.90 Å². The lowest BCUT2D eigenvalue weighted by molar-refractivity contribution is -0.131. The van der Waals surface area contributed by atoms with E-state index < -0.39 is 0 Å². The van der Waals surface area contributed by atoms with Gasteiger partial charge in [-0.3, -0.25) is 9.59 Å². The molecule has 0 fully saturated rings. The second-order valence-electron chi connectivity index (χ2n) is 4.38. The number of hydrogen-bond acceptors (Lipinski definition) is 4. The molecule has 6 heteroatoms. The van der Waals surface area contributed by atoms with Gasteiger partial charge in [0.05, 0.1) is 19.8 Å². The van der Waals surface area contributed by atoms with E-state index in [0.29, 0.717) is 5.56 Å². The van der Waals surface area contributed by atoms with E-state index in [9.17, 15) is 9.59 Å². The molecule has 20 heavy (non-hydrogen) atoms. The summed E-state index contributed by atoms with van der Waals surface area (Å²) in [6.45, 7) is 1.63. The van der Waals surface area contributed by atoms with E-state index in [1.54, 1.807) is 18.2 Å². The highest BCUT2D eigenvalue weighted by atomic mass is 16.3. The number of aliphatic hydroxyl groups excluding tert-OH is 2. The van der Waals surface area contributed by atoms with Crippen LogP contribution in [0.4, 0.5) is 0 Å². The van der Waals surface area contributed by atoms with E-state index >= 15 is 0 Å². The average Bonchev–Trinajstić information content (AvgIpc) is 2.44. The first-order chi connectivity index (χ1) is 9.58. The molecular weight excluding hydrogens is 260 g/mol. The molecule has 2 amide bonds. The summed E-state index contributed by atoms with van der Waals surface area (Å²) in [5.74, 6) is -0.663. The number of carbonyl (C=O) groups is 2. The van der Waals surface area contributed by atoms with Crippen LogP contribution in [-0.2, 0) is 4.79 Å². The number of hydrogen-bond donors (Lipinski definition) is 3. The van der Waals surface area contributed by atoms with Crippen molar-refractivity contribution in [2.75, 3.05) is 32.8 Å². The molecule has 0 bridgehead atoms. The van der Waals surface area contributed by atoms with Crippen molar-refractivity contribution < 1.29 is 19.8 Å². The normalized spacial score (nSPS) is 10.2. The fourth-order valence-electron chi connectivity index (χ4n) is 1.76. The fraction of sp³-hybridized carbons (Fsp3) is 0.429. The van der Waals surface area contributed by atoms with Gasteiger partial charge in [0.1, 0.15) is 0 Å². The minimum atomic E-state index is -0.339. The van der Waals surface area contributed by atoms with Gasteiger partial charge in [-0.25, -0.2) is 0 Å². The lowest BCUT2D eigenvalue weighted by atomic mass is 10.1. The van der Waals surface area contributed by atoms with Gasteiger partial charge in [-0.2, -0.15) is 0 Å². The summed E-state index contributed by atoms with van der Waals surface area (Å²) in [5, 5.41) is 20.2. The SMILES string of the molecule is Cc1cccc(C(=O)NCC(=O)N(CCO)CCO)c1. The molecule has 0 aliphatic rings. The van der Waals surface area contributed by atoms with Crippen molar-refractivity contribution in [3.63, 3.8) is 0 Å². The fourth-order valence-corrected chi connectivity index (χ4v) is 1.76. The Kier molecular flexibility index (Phi) is 6.69. The van der Waals surface area contributed by atoms with Crippen LogP contribution in [0.25, 0.3) is 0 Å². The highest BCUT2D eigenvalue weighted by Crippen LogP contribution is 2.03. The largest absolute Gasteiger partial charge is 0.395 e. The molecule has 0 atom stereocenters. The zero-order chi connectivity index (χ0) is 15.0. The number of aryl methyl sites for hydroxylation is 1. The minimum absolute atomic E-state index is 0.139. The summed E-state index contributed by atoms with van der Waals surface area (Å²) in [5.41, 5.74) is 1.46. The molecule has 0 aliphatic heterocycles. The van der Waals surface area contributed by atoms with Crippen molar-refractivity contribution in [3.05, 3.63) is 35.4 Å². The molecule has 1 aromatic rings. The Bertz CT molecular complexity index is 456. The zero-order valence-electron chi connectivity index (χ0n) is 11.5. The molecule has 0 unspecified atom stereocenters. The van der Waals surface area contributed by atoms with Crippen molar-refractivity contribution in [1.29, 1.82) is 0 Å². The summed E-state index contributed by atoms with van der Waals surface area (Å²) in [6, 6.07) is 7.06. The molecular formula is C14H20N2O4. The van der Waals surface area contributed by atoms with Crippen LogP contribution in [0, 0.1) is 6.92 Å². The van der Waals surface area contributed by atoms with Crippen LogP contribution >= 0.6 is 0 Å². The zero-order valence-corrected chi connectivity index (χ0v) is 11.5. The maximum atomic E-state index is 11.9. The van der Waals surface area contributed by atoms with Gasteiger partial charge in [-0.1, -0.05) is 17.7 Å². The molecule has 110 valence electrons. The van der Waals surface area contributed by atoms with Crippen LogP contribution in [-0.4, -0.2) is 59.8 Å². The molecule has 0 heterocycles. The second kappa shape index (κ2) is 8.29. The Labute approximate surface area is 118 Å². The van der Waals surface area contributed by atoms with Gasteiger partial charge < -0.3 is 20.4 Å². The van der Waals surface area contributed by atoms with E-state index in [2.05, 4.69) is 5.32 Å². The summed E-state index contributed by atoms with van der Waals surface area (Å²) < 4.78 is 0. The standard InChI is InChI=1S/C14H20N2O4/c1-11-3-2-4-12(9-11)14(20)15-10-13(19)16(5-7-17)6-8-18/h2-4,9,17-18H,5-8,10H2,1H3,(H,15,20). The quantitative estimate of drug-likeness (QED) is 0.630. The van der Waals surface area contributed by atoms with Crippen LogP contribution < -0.4 is 5.32 Å². The van der Waals surface area contributed by atoms with Crippen molar-refractivity contribution >= 4 is 11.8 Å².